The summed E-state index contributed by atoms with van der Waals surface area (Å²) in [6.45, 7) is 2.49. The van der Waals surface area contributed by atoms with Crippen LogP contribution in [0.15, 0.2) is 28.7 Å². The number of hydrogen-bond donors (Lipinski definition) is 2. The van der Waals surface area contributed by atoms with Gasteiger partial charge in [-0.15, -0.1) is 0 Å². The molecule has 2 unspecified atom stereocenters. The van der Waals surface area contributed by atoms with Gasteiger partial charge in [-0.1, -0.05) is 19.1 Å². The third-order valence-electron chi connectivity index (χ3n) is 3.81. The number of para-hydroxylation sites is 1. The Morgan fingerprint density at radius 1 is 1.43 bits per heavy atom. The van der Waals surface area contributed by atoms with Crippen LogP contribution >= 0.6 is 15.9 Å². The van der Waals surface area contributed by atoms with Gasteiger partial charge in [0, 0.05) is 24.0 Å². The van der Waals surface area contributed by atoms with Crippen LogP contribution in [0.5, 0.6) is 0 Å². The highest BCUT2D eigenvalue weighted by Gasteiger charge is 2.38. The second-order valence-electron chi connectivity index (χ2n) is 5.73. The molecule has 0 saturated carbocycles. The molecule has 2 rings (SSSR count). The van der Waals surface area contributed by atoms with Gasteiger partial charge in [-0.05, 0) is 40.4 Å². The lowest BCUT2D eigenvalue weighted by Gasteiger charge is -2.18. The van der Waals surface area contributed by atoms with E-state index in [0.29, 0.717) is 13.0 Å². The molecule has 2 N–H and O–H groups in total. The number of anilines is 1. The highest BCUT2D eigenvalue weighted by atomic mass is 79.9. The fraction of sp³-hybridized carbons (Fsp3) is 0.438. The quantitative estimate of drug-likeness (QED) is 0.736. The summed E-state index contributed by atoms with van der Waals surface area (Å²) in [7, 11) is 0. The van der Waals surface area contributed by atoms with E-state index in [1.165, 1.54) is 0 Å². The van der Waals surface area contributed by atoms with Gasteiger partial charge < -0.3 is 15.3 Å². The zero-order valence-electron chi connectivity index (χ0n) is 12.8. The fourth-order valence-electron chi connectivity index (χ4n) is 2.60. The second kappa shape index (κ2) is 7.59. The number of halogens is 1. The summed E-state index contributed by atoms with van der Waals surface area (Å²) < 4.78 is 0.810. The van der Waals surface area contributed by atoms with Gasteiger partial charge in [0.05, 0.1) is 5.69 Å². The number of nitrogens with zero attached hydrogens (tertiary/aromatic N) is 1. The zero-order valence-corrected chi connectivity index (χ0v) is 14.4. The molecule has 0 aliphatic carbocycles. The Bertz CT molecular complexity index is 620. The van der Waals surface area contributed by atoms with E-state index in [9.17, 15) is 14.4 Å². The Hall–Kier alpha value is -1.89. The topological polar surface area (TPSA) is 86.7 Å². The van der Waals surface area contributed by atoms with E-state index in [2.05, 4.69) is 21.2 Å². The average Bonchev–Trinajstić information content (AvgIpc) is 2.86. The van der Waals surface area contributed by atoms with Crippen molar-refractivity contribution in [2.45, 2.75) is 19.8 Å². The molecule has 2 atom stereocenters. The minimum Gasteiger partial charge on any atom is -0.481 e. The lowest BCUT2D eigenvalue weighted by atomic mass is 10.1. The van der Waals surface area contributed by atoms with Gasteiger partial charge in [0.1, 0.15) is 5.92 Å². The number of benzene rings is 1. The highest BCUT2D eigenvalue weighted by Crippen LogP contribution is 2.31. The van der Waals surface area contributed by atoms with Crippen LogP contribution in [0.2, 0.25) is 0 Å². The first-order valence-electron chi connectivity index (χ1n) is 7.45. The molecule has 7 heteroatoms. The summed E-state index contributed by atoms with van der Waals surface area (Å²) in [5.41, 5.74) is 0.757. The predicted molar refractivity (Wildman–Crippen MR) is 89.0 cm³/mol. The largest absolute Gasteiger partial charge is 0.481 e. The van der Waals surface area contributed by atoms with Gasteiger partial charge in [0.25, 0.3) is 0 Å². The van der Waals surface area contributed by atoms with Crippen molar-refractivity contribution >= 4 is 39.4 Å². The number of amides is 2. The van der Waals surface area contributed by atoms with E-state index in [1.54, 1.807) is 11.8 Å². The SMILES string of the molecule is CC(CNC(=O)C1CCN(c2ccccc2Br)C1=O)CC(=O)O. The first kappa shape index (κ1) is 17.5. The van der Waals surface area contributed by atoms with Crippen molar-refractivity contribution in [3.05, 3.63) is 28.7 Å². The van der Waals surface area contributed by atoms with Gasteiger partial charge in [0.15, 0.2) is 0 Å². The molecule has 1 aromatic carbocycles. The van der Waals surface area contributed by atoms with Crippen LogP contribution in [0, 0.1) is 11.8 Å². The Balaban J connectivity index is 1.95. The molecule has 0 spiro atoms. The van der Waals surface area contributed by atoms with E-state index in [4.69, 9.17) is 5.11 Å². The molecule has 0 aromatic heterocycles. The van der Waals surface area contributed by atoms with Crippen LogP contribution in [0.1, 0.15) is 19.8 Å². The molecule has 124 valence electrons. The van der Waals surface area contributed by atoms with Crippen molar-refractivity contribution in [2.24, 2.45) is 11.8 Å². The van der Waals surface area contributed by atoms with Gasteiger partial charge >= 0.3 is 5.97 Å². The van der Waals surface area contributed by atoms with E-state index in [-0.39, 0.29) is 30.7 Å². The summed E-state index contributed by atoms with van der Waals surface area (Å²) in [6, 6.07) is 7.39. The zero-order chi connectivity index (χ0) is 17.0. The summed E-state index contributed by atoms with van der Waals surface area (Å²) in [6.07, 6.45) is 0.446. The van der Waals surface area contributed by atoms with Crippen molar-refractivity contribution in [1.82, 2.24) is 5.32 Å². The molecule has 1 fully saturated rings. The Morgan fingerprint density at radius 3 is 2.78 bits per heavy atom. The smallest absolute Gasteiger partial charge is 0.303 e. The van der Waals surface area contributed by atoms with Crippen molar-refractivity contribution in [1.29, 1.82) is 0 Å². The molecule has 1 aliphatic heterocycles. The highest BCUT2D eigenvalue weighted by molar-refractivity contribution is 9.10. The van der Waals surface area contributed by atoms with Crippen molar-refractivity contribution < 1.29 is 19.5 Å². The molecule has 1 heterocycles. The lowest BCUT2D eigenvalue weighted by molar-refractivity contribution is -0.138. The summed E-state index contributed by atoms with van der Waals surface area (Å²) in [5, 5.41) is 11.4. The van der Waals surface area contributed by atoms with E-state index >= 15 is 0 Å². The van der Waals surface area contributed by atoms with Crippen LogP contribution in [0.25, 0.3) is 0 Å². The number of aliphatic carboxylic acids is 1. The maximum Gasteiger partial charge on any atom is 0.303 e. The Kier molecular flexibility index (Phi) is 5.76. The summed E-state index contributed by atoms with van der Waals surface area (Å²) in [5.74, 6) is -2.34. The number of carboxylic acids is 1. The summed E-state index contributed by atoms with van der Waals surface area (Å²) in [4.78, 5) is 36.9. The second-order valence-corrected chi connectivity index (χ2v) is 6.59. The number of carbonyl (C=O) groups is 3. The van der Waals surface area contributed by atoms with Crippen LogP contribution < -0.4 is 10.2 Å². The fourth-order valence-corrected chi connectivity index (χ4v) is 3.10. The standard InChI is InChI=1S/C16H19BrN2O4/c1-10(8-14(20)21)9-18-15(22)11-6-7-19(16(11)23)13-5-3-2-4-12(13)17/h2-5,10-11H,6-9H2,1H3,(H,18,22)(H,20,21). The summed E-state index contributed by atoms with van der Waals surface area (Å²) >= 11 is 3.41. The first-order valence-corrected chi connectivity index (χ1v) is 8.25. The number of nitrogens with one attached hydrogen (secondary N) is 1. The average molecular weight is 383 g/mol. The normalized spacial score (nSPS) is 18.8. The van der Waals surface area contributed by atoms with Crippen molar-refractivity contribution in [3.63, 3.8) is 0 Å². The third kappa shape index (κ3) is 4.31. The Morgan fingerprint density at radius 2 is 2.13 bits per heavy atom. The van der Waals surface area contributed by atoms with E-state index in [0.717, 1.165) is 10.2 Å². The molecule has 6 nitrogen and oxygen atoms in total. The van der Waals surface area contributed by atoms with Crippen molar-refractivity contribution in [3.8, 4) is 0 Å². The van der Waals surface area contributed by atoms with Gasteiger partial charge in [0.2, 0.25) is 11.8 Å². The van der Waals surface area contributed by atoms with E-state index in [1.807, 2.05) is 24.3 Å². The first-order chi connectivity index (χ1) is 10.9. The number of hydrogen-bond acceptors (Lipinski definition) is 3. The third-order valence-corrected chi connectivity index (χ3v) is 4.48. The molecule has 0 radical (unpaired) electrons. The van der Waals surface area contributed by atoms with Gasteiger partial charge in [-0.25, -0.2) is 0 Å². The molecule has 1 saturated heterocycles. The Labute approximate surface area is 143 Å². The van der Waals surface area contributed by atoms with Crippen molar-refractivity contribution in [2.75, 3.05) is 18.0 Å². The molecule has 2 amide bonds. The minimum absolute atomic E-state index is 0.0119. The molecular formula is C16H19BrN2O4. The maximum atomic E-state index is 12.5. The van der Waals surface area contributed by atoms with Crippen LogP contribution in [-0.2, 0) is 14.4 Å². The maximum absolute atomic E-state index is 12.5. The number of carboxylic acid groups (broad SMARTS) is 1. The molecule has 1 aromatic rings. The lowest BCUT2D eigenvalue weighted by Crippen LogP contribution is -2.38. The van der Waals surface area contributed by atoms with Crippen LogP contribution in [0.3, 0.4) is 0 Å². The number of rotatable bonds is 6. The predicted octanol–water partition coefficient (Wildman–Crippen LogP) is 2.03. The minimum atomic E-state index is -0.899. The van der Waals surface area contributed by atoms with Gasteiger partial charge in [-0.3, -0.25) is 14.4 Å². The van der Waals surface area contributed by atoms with Gasteiger partial charge in [-0.2, -0.15) is 0 Å². The van der Waals surface area contributed by atoms with Crippen LogP contribution in [0.4, 0.5) is 5.69 Å². The van der Waals surface area contributed by atoms with Crippen LogP contribution in [-0.4, -0.2) is 36.0 Å². The molecule has 1 aliphatic rings. The monoisotopic (exact) mass is 382 g/mol. The molecular weight excluding hydrogens is 364 g/mol. The molecule has 0 bridgehead atoms. The molecule has 23 heavy (non-hydrogen) atoms. The van der Waals surface area contributed by atoms with E-state index < -0.39 is 11.9 Å². The number of carbonyl (C=O) groups excluding carboxylic acids is 2.